The predicted molar refractivity (Wildman–Crippen MR) is 74.4 cm³/mol. The van der Waals surface area contributed by atoms with E-state index in [0.717, 1.165) is 17.9 Å². The minimum atomic E-state index is -3.40. The van der Waals surface area contributed by atoms with E-state index in [-0.39, 0.29) is 0 Å². The van der Waals surface area contributed by atoms with Crippen molar-refractivity contribution in [3.63, 3.8) is 0 Å². The molecule has 0 aromatic rings. The zero-order valence-corrected chi connectivity index (χ0v) is 12.5. The number of aliphatic carboxylic acids is 1. The second-order valence-corrected chi connectivity index (χ2v) is 8.04. The summed E-state index contributed by atoms with van der Waals surface area (Å²) in [7, 11) is -3.40. The van der Waals surface area contributed by atoms with Crippen LogP contribution in [0.15, 0.2) is 0 Å². The number of piperidine rings is 1. The van der Waals surface area contributed by atoms with Gasteiger partial charge in [0, 0.05) is 31.9 Å². The van der Waals surface area contributed by atoms with E-state index in [9.17, 15) is 13.2 Å². The quantitative estimate of drug-likeness (QED) is 0.820. The Morgan fingerprint density at radius 2 is 1.68 bits per heavy atom. The van der Waals surface area contributed by atoms with Gasteiger partial charge in [-0.1, -0.05) is 0 Å². The first kappa shape index (κ1) is 15.1. The second kappa shape index (κ2) is 6.43. The first-order valence-electron chi connectivity index (χ1n) is 6.57. The molecule has 2 fully saturated rings. The van der Waals surface area contributed by atoms with Gasteiger partial charge < -0.3 is 5.11 Å². The van der Waals surface area contributed by atoms with E-state index in [0.29, 0.717) is 39.0 Å². The standard InChI is InChI=1S/C11H20N2O4S2/c14-11(15)10-2-5-13(6-3-10)19(16,17)12-4-1-8-18-9-7-12/h10H,1-9H2,(H,14,15). The SMILES string of the molecule is O=C(O)C1CCN(S(=O)(=O)N2CCCSCC2)CC1. The zero-order valence-electron chi connectivity index (χ0n) is 10.8. The largest absolute Gasteiger partial charge is 0.481 e. The van der Waals surface area contributed by atoms with Gasteiger partial charge >= 0.3 is 5.97 Å². The van der Waals surface area contributed by atoms with Crippen LogP contribution in [0, 0.1) is 5.92 Å². The number of hydrogen-bond acceptors (Lipinski definition) is 4. The average molecular weight is 308 g/mol. The van der Waals surface area contributed by atoms with Gasteiger partial charge in [0.15, 0.2) is 0 Å². The Morgan fingerprint density at radius 1 is 1.05 bits per heavy atom. The minimum absolute atomic E-state index is 0.322. The maximum atomic E-state index is 12.5. The molecule has 2 rings (SSSR count). The molecule has 0 aromatic heterocycles. The van der Waals surface area contributed by atoms with Crippen molar-refractivity contribution in [1.82, 2.24) is 8.61 Å². The normalized spacial score (nSPS) is 25.1. The molecule has 0 amide bonds. The highest BCUT2D eigenvalue weighted by Crippen LogP contribution is 2.23. The number of thioether (sulfide) groups is 1. The van der Waals surface area contributed by atoms with E-state index >= 15 is 0 Å². The van der Waals surface area contributed by atoms with Crippen LogP contribution in [0.2, 0.25) is 0 Å². The summed E-state index contributed by atoms with van der Waals surface area (Å²) in [6.07, 6.45) is 1.71. The van der Waals surface area contributed by atoms with Crippen molar-refractivity contribution in [3.8, 4) is 0 Å². The summed E-state index contributed by atoms with van der Waals surface area (Å²) in [5.74, 6) is 0.632. The number of hydrogen-bond donors (Lipinski definition) is 1. The topological polar surface area (TPSA) is 77.9 Å². The third-order valence-corrected chi connectivity index (χ3v) is 6.72. The van der Waals surface area contributed by atoms with Gasteiger partial charge in [0.25, 0.3) is 10.2 Å². The fraction of sp³-hybridized carbons (Fsp3) is 0.909. The van der Waals surface area contributed by atoms with Gasteiger partial charge in [-0.15, -0.1) is 0 Å². The lowest BCUT2D eigenvalue weighted by atomic mass is 9.99. The molecule has 0 aliphatic carbocycles. The highest BCUT2D eigenvalue weighted by atomic mass is 32.2. The van der Waals surface area contributed by atoms with Gasteiger partial charge in [0.2, 0.25) is 0 Å². The van der Waals surface area contributed by atoms with Gasteiger partial charge in [-0.25, -0.2) is 0 Å². The predicted octanol–water partition coefficient (Wildman–Crippen LogP) is 0.467. The zero-order chi connectivity index (χ0) is 13.9. The minimum Gasteiger partial charge on any atom is -0.481 e. The molecule has 2 heterocycles. The summed E-state index contributed by atoms with van der Waals surface area (Å²) in [5, 5.41) is 8.93. The molecule has 0 spiro atoms. The molecule has 2 saturated heterocycles. The Balaban J connectivity index is 1.98. The Morgan fingerprint density at radius 3 is 2.32 bits per heavy atom. The first-order chi connectivity index (χ1) is 9.01. The van der Waals surface area contributed by atoms with Crippen LogP contribution in [0.3, 0.4) is 0 Å². The van der Waals surface area contributed by atoms with Gasteiger partial charge in [-0.2, -0.15) is 28.8 Å². The molecule has 1 N–H and O–H groups in total. The first-order valence-corrected chi connectivity index (χ1v) is 9.13. The van der Waals surface area contributed by atoms with Crippen LogP contribution in [0.4, 0.5) is 0 Å². The van der Waals surface area contributed by atoms with Gasteiger partial charge in [0.05, 0.1) is 5.92 Å². The maximum Gasteiger partial charge on any atom is 0.306 e. The summed E-state index contributed by atoms with van der Waals surface area (Å²) in [4.78, 5) is 10.9. The van der Waals surface area contributed by atoms with Crippen molar-refractivity contribution in [3.05, 3.63) is 0 Å². The molecule has 0 aromatic carbocycles. The van der Waals surface area contributed by atoms with Crippen molar-refractivity contribution in [2.24, 2.45) is 5.92 Å². The van der Waals surface area contributed by atoms with Crippen LogP contribution in [-0.2, 0) is 15.0 Å². The van der Waals surface area contributed by atoms with Crippen LogP contribution < -0.4 is 0 Å². The molecule has 0 atom stereocenters. The third kappa shape index (κ3) is 3.62. The summed E-state index contributed by atoms with van der Waals surface area (Å²) in [5.41, 5.74) is 0. The fourth-order valence-corrected chi connectivity index (χ4v) is 5.13. The van der Waals surface area contributed by atoms with Crippen LogP contribution >= 0.6 is 11.8 Å². The number of carbonyl (C=O) groups is 1. The molecule has 0 bridgehead atoms. The Bertz CT molecular complexity index is 410. The highest BCUT2D eigenvalue weighted by molar-refractivity contribution is 7.99. The van der Waals surface area contributed by atoms with Gasteiger partial charge in [-0.05, 0) is 25.0 Å². The number of nitrogens with zero attached hydrogens (tertiary/aromatic N) is 2. The van der Waals surface area contributed by atoms with Crippen molar-refractivity contribution in [1.29, 1.82) is 0 Å². The van der Waals surface area contributed by atoms with E-state index in [2.05, 4.69) is 0 Å². The van der Waals surface area contributed by atoms with Gasteiger partial charge in [0.1, 0.15) is 0 Å². The second-order valence-electron chi connectivity index (χ2n) is 4.88. The molecule has 8 heteroatoms. The smallest absolute Gasteiger partial charge is 0.306 e. The molecule has 2 aliphatic heterocycles. The molecule has 2 aliphatic rings. The summed E-state index contributed by atoms with van der Waals surface area (Å²) in [6.45, 7) is 1.78. The van der Waals surface area contributed by atoms with E-state index < -0.39 is 22.1 Å². The van der Waals surface area contributed by atoms with Crippen molar-refractivity contribution < 1.29 is 18.3 Å². The van der Waals surface area contributed by atoms with E-state index in [1.54, 1.807) is 16.1 Å². The monoisotopic (exact) mass is 308 g/mol. The molecule has 110 valence electrons. The molecular weight excluding hydrogens is 288 g/mol. The molecule has 0 unspecified atom stereocenters. The van der Waals surface area contributed by atoms with Crippen LogP contribution in [0.25, 0.3) is 0 Å². The Kier molecular flexibility index (Phi) is 5.10. The number of rotatable bonds is 3. The number of carboxylic acid groups (broad SMARTS) is 1. The van der Waals surface area contributed by atoms with Crippen molar-refractivity contribution in [2.75, 3.05) is 37.7 Å². The van der Waals surface area contributed by atoms with E-state index in [4.69, 9.17) is 5.11 Å². The van der Waals surface area contributed by atoms with E-state index in [1.165, 1.54) is 4.31 Å². The lowest BCUT2D eigenvalue weighted by molar-refractivity contribution is -0.142. The molecule has 0 radical (unpaired) electrons. The number of carboxylic acids is 1. The summed E-state index contributed by atoms with van der Waals surface area (Å²) >= 11 is 1.78. The average Bonchev–Trinajstić information content (AvgIpc) is 2.68. The summed E-state index contributed by atoms with van der Waals surface area (Å²) in [6, 6.07) is 0. The van der Waals surface area contributed by atoms with Crippen LogP contribution in [0.1, 0.15) is 19.3 Å². The molecular formula is C11H20N2O4S2. The lowest BCUT2D eigenvalue weighted by Crippen LogP contribution is -2.48. The Labute approximate surface area is 118 Å². The van der Waals surface area contributed by atoms with Crippen molar-refractivity contribution >= 4 is 27.9 Å². The fourth-order valence-electron chi connectivity index (χ4n) is 2.45. The maximum absolute atomic E-state index is 12.5. The van der Waals surface area contributed by atoms with E-state index in [1.807, 2.05) is 0 Å². The highest BCUT2D eigenvalue weighted by Gasteiger charge is 2.34. The Hall–Kier alpha value is -0.310. The van der Waals surface area contributed by atoms with Crippen molar-refractivity contribution in [2.45, 2.75) is 19.3 Å². The molecule has 0 saturated carbocycles. The molecule has 6 nitrogen and oxygen atoms in total. The van der Waals surface area contributed by atoms with Crippen LogP contribution in [0.5, 0.6) is 0 Å². The summed E-state index contributed by atoms with van der Waals surface area (Å²) < 4.78 is 27.9. The van der Waals surface area contributed by atoms with Crippen LogP contribution in [-0.4, -0.2) is 65.8 Å². The van der Waals surface area contributed by atoms with Gasteiger partial charge in [-0.3, -0.25) is 4.79 Å². The lowest BCUT2D eigenvalue weighted by Gasteiger charge is -2.33. The molecule has 19 heavy (non-hydrogen) atoms. The third-order valence-electron chi connectivity index (χ3n) is 3.64.